The van der Waals surface area contributed by atoms with E-state index in [0.29, 0.717) is 19.3 Å². The van der Waals surface area contributed by atoms with Crippen LogP contribution in [0.5, 0.6) is 0 Å². The van der Waals surface area contributed by atoms with Crippen LogP contribution in [0, 0.1) is 23.7 Å². The van der Waals surface area contributed by atoms with E-state index < -0.39 is 61.3 Å². The molecule has 0 spiro atoms. The molecule has 0 saturated carbocycles. The number of rotatable bonds is 15. The van der Waals surface area contributed by atoms with Gasteiger partial charge >= 0.3 is 0 Å². The minimum Gasteiger partial charge on any atom is -0.344 e. The molecular formula is C21H45O8PS2. The summed E-state index contributed by atoms with van der Waals surface area (Å²) >= 11 is 0. The smallest absolute Gasteiger partial charge is 0.265 e. The van der Waals surface area contributed by atoms with Gasteiger partial charge in [0.15, 0.2) is 0 Å². The Kier molecular flexibility index (Phi) is 11.6. The molecule has 0 fully saturated rings. The molecule has 3 N–H and O–H groups in total. The van der Waals surface area contributed by atoms with Gasteiger partial charge in [0, 0.05) is 10.3 Å². The molecule has 4 atom stereocenters. The molecule has 0 aliphatic rings. The predicted molar refractivity (Wildman–Crippen MR) is 131 cm³/mol. The zero-order chi connectivity index (χ0) is 25.8. The van der Waals surface area contributed by atoms with Gasteiger partial charge < -0.3 is 4.89 Å². The molecule has 0 aromatic rings. The summed E-state index contributed by atoms with van der Waals surface area (Å²) in [5, 5.41) is -2.26. The summed E-state index contributed by atoms with van der Waals surface area (Å²) in [4.78, 5) is 11.6. The van der Waals surface area contributed by atoms with Crippen LogP contribution < -0.4 is 0 Å². The molecular weight excluding hydrogens is 475 g/mol. The molecule has 0 aliphatic carbocycles. The van der Waals surface area contributed by atoms with Crippen molar-refractivity contribution < 1.29 is 35.4 Å². The standard InChI is InChI=1S/C21H45O8PS2/c1-9-17(6)19(15-32(27,28)29)13-21(10-2,11-3)30(22,23)20(7,8)12-18(16(4)5)14-31(24,25)26/h16-19H,9-15H2,1-8H3,(H,22,23)(H,24,25,26)(H,27,28,29). The molecule has 0 aliphatic heterocycles. The predicted octanol–water partition coefficient (Wildman–Crippen LogP) is 5.08. The normalized spacial score (nSPS) is 18.9. The van der Waals surface area contributed by atoms with Crippen molar-refractivity contribution in [2.24, 2.45) is 23.7 Å². The van der Waals surface area contributed by atoms with E-state index in [1.807, 2.05) is 41.5 Å². The fourth-order valence-electron chi connectivity index (χ4n) is 4.77. The Balaban J connectivity index is 6.33. The minimum absolute atomic E-state index is 0.0829. The molecule has 0 aromatic carbocycles. The maximum atomic E-state index is 14.2. The molecule has 32 heavy (non-hydrogen) atoms. The average Bonchev–Trinajstić information content (AvgIpc) is 2.61. The van der Waals surface area contributed by atoms with E-state index in [1.165, 1.54) is 0 Å². The van der Waals surface area contributed by atoms with Gasteiger partial charge in [-0.3, -0.25) is 13.7 Å². The van der Waals surface area contributed by atoms with E-state index in [2.05, 4.69) is 0 Å². The Morgan fingerprint density at radius 2 is 1.22 bits per heavy atom. The SMILES string of the molecule is CCC(C)C(CC(CC)(CC)P(=O)(O)C(C)(C)CC(CS(=O)(=O)O)C(C)C)CS(=O)(=O)O. The summed E-state index contributed by atoms with van der Waals surface area (Å²) in [5.41, 5.74) is 0. The molecule has 0 amide bonds. The lowest BCUT2D eigenvalue weighted by Gasteiger charge is -2.47. The van der Waals surface area contributed by atoms with Crippen LogP contribution in [0.25, 0.3) is 0 Å². The van der Waals surface area contributed by atoms with Gasteiger partial charge in [-0.05, 0) is 49.4 Å². The second kappa shape index (κ2) is 11.6. The molecule has 4 unspecified atom stereocenters. The Labute approximate surface area is 195 Å². The van der Waals surface area contributed by atoms with Crippen LogP contribution in [0.4, 0.5) is 0 Å². The van der Waals surface area contributed by atoms with Crippen molar-refractivity contribution >= 4 is 27.6 Å². The first-order valence-corrected chi connectivity index (χ1v) is 16.3. The minimum atomic E-state index is -4.26. The highest BCUT2D eigenvalue weighted by Crippen LogP contribution is 2.70. The monoisotopic (exact) mass is 520 g/mol. The van der Waals surface area contributed by atoms with Gasteiger partial charge in [-0.2, -0.15) is 16.8 Å². The third-order valence-corrected chi connectivity index (χ3v) is 13.0. The van der Waals surface area contributed by atoms with Gasteiger partial charge in [0.2, 0.25) is 7.37 Å². The average molecular weight is 521 g/mol. The molecule has 0 saturated heterocycles. The van der Waals surface area contributed by atoms with Gasteiger partial charge in [-0.1, -0.05) is 61.8 Å². The van der Waals surface area contributed by atoms with Gasteiger partial charge in [0.25, 0.3) is 20.2 Å². The second-order valence-corrected chi connectivity index (χ2v) is 16.7. The summed E-state index contributed by atoms with van der Waals surface area (Å²) in [6.07, 6.45) is 1.61. The van der Waals surface area contributed by atoms with Crippen molar-refractivity contribution in [3.05, 3.63) is 0 Å². The van der Waals surface area contributed by atoms with Crippen molar-refractivity contribution in [2.45, 2.75) is 97.8 Å². The van der Waals surface area contributed by atoms with Crippen LogP contribution >= 0.6 is 7.37 Å². The lowest BCUT2D eigenvalue weighted by atomic mass is 9.82. The van der Waals surface area contributed by atoms with Crippen molar-refractivity contribution in [3.8, 4) is 0 Å². The highest BCUT2D eigenvalue weighted by Gasteiger charge is 2.55. The van der Waals surface area contributed by atoms with E-state index in [1.54, 1.807) is 13.8 Å². The summed E-state index contributed by atoms with van der Waals surface area (Å²) in [7, 11) is -12.5. The van der Waals surface area contributed by atoms with E-state index in [0.717, 1.165) is 0 Å². The Hall–Kier alpha value is 0.01000. The quantitative estimate of drug-likeness (QED) is 0.200. The maximum absolute atomic E-state index is 14.2. The zero-order valence-electron chi connectivity index (χ0n) is 20.9. The summed E-state index contributed by atoms with van der Waals surface area (Å²) in [5.74, 6) is -2.19. The van der Waals surface area contributed by atoms with Crippen molar-refractivity contribution in [1.29, 1.82) is 0 Å². The van der Waals surface area contributed by atoms with Crippen LogP contribution in [0.15, 0.2) is 0 Å². The Morgan fingerprint density at radius 3 is 1.53 bits per heavy atom. The van der Waals surface area contributed by atoms with Gasteiger partial charge in [-0.25, -0.2) is 0 Å². The Morgan fingerprint density at radius 1 is 0.812 bits per heavy atom. The van der Waals surface area contributed by atoms with Gasteiger partial charge in [0.1, 0.15) is 0 Å². The first-order valence-electron chi connectivity index (χ1n) is 11.4. The van der Waals surface area contributed by atoms with Crippen LogP contribution in [0.1, 0.15) is 87.5 Å². The lowest BCUT2D eigenvalue weighted by molar-refractivity contribution is 0.262. The molecule has 8 nitrogen and oxygen atoms in total. The maximum Gasteiger partial charge on any atom is 0.265 e. The molecule has 194 valence electrons. The topological polar surface area (TPSA) is 146 Å². The largest absolute Gasteiger partial charge is 0.344 e. The fraction of sp³-hybridized carbons (Fsp3) is 1.00. The van der Waals surface area contributed by atoms with Crippen molar-refractivity contribution in [2.75, 3.05) is 11.5 Å². The third-order valence-electron chi connectivity index (χ3n) is 7.42. The summed E-state index contributed by atoms with van der Waals surface area (Å²) in [6.45, 7) is 14.3. The summed E-state index contributed by atoms with van der Waals surface area (Å²) in [6, 6.07) is 0. The summed E-state index contributed by atoms with van der Waals surface area (Å²) < 4.78 is 79.4. The van der Waals surface area contributed by atoms with Crippen molar-refractivity contribution in [3.63, 3.8) is 0 Å². The van der Waals surface area contributed by atoms with Crippen LogP contribution in [-0.2, 0) is 24.8 Å². The number of hydrogen-bond acceptors (Lipinski definition) is 5. The molecule has 0 aromatic heterocycles. The first-order chi connectivity index (χ1) is 14.2. The highest BCUT2D eigenvalue weighted by molar-refractivity contribution is 7.86. The van der Waals surface area contributed by atoms with Crippen LogP contribution in [0.2, 0.25) is 0 Å². The highest BCUT2D eigenvalue weighted by atomic mass is 32.2. The Bertz CT molecular complexity index is 845. The molecule has 0 rings (SSSR count). The van der Waals surface area contributed by atoms with E-state index in [9.17, 15) is 35.4 Å². The first kappa shape index (κ1) is 32.0. The molecule has 0 bridgehead atoms. The van der Waals surface area contributed by atoms with E-state index in [4.69, 9.17) is 0 Å². The van der Waals surface area contributed by atoms with Crippen molar-refractivity contribution in [1.82, 2.24) is 0 Å². The molecule has 11 heteroatoms. The van der Waals surface area contributed by atoms with E-state index in [-0.39, 0.29) is 24.7 Å². The van der Waals surface area contributed by atoms with E-state index >= 15 is 0 Å². The van der Waals surface area contributed by atoms with Crippen LogP contribution in [0.3, 0.4) is 0 Å². The third kappa shape index (κ3) is 8.66. The van der Waals surface area contributed by atoms with Gasteiger partial charge in [-0.15, -0.1) is 0 Å². The fourth-order valence-corrected chi connectivity index (χ4v) is 9.91. The molecule has 0 radical (unpaired) electrons. The van der Waals surface area contributed by atoms with Crippen LogP contribution in [-0.4, -0.2) is 52.7 Å². The molecule has 0 heterocycles. The lowest BCUT2D eigenvalue weighted by Crippen LogP contribution is -2.42. The number of hydrogen-bond donors (Lipinski definition) is 3. The second-order valence-electron chi connectivity index (χ2n) is 10.4. The zero-order valence-corrected chi connectivity index (χ0v) is 23.4. The van der Waals surface area contributed by atoms with Gasteiger partial charge in [0.05, 0.1) is 11.5 Å².